The first-order valence-electron chi connectivity index (χ1n) is 9.46. The molecule has 0 bridgehead atoms. The van der Waals surface area contributed by atoms with E-state index in [1.807, 2.05) is 12.1 Å². The molecule has 0 aliphatic carbocycles. The van der Waals surface area contributed by atoms with Gasteiger partial charge in [-0.05, 0) is 36.5 Å². The van der Waals surface area contributed by atoms with Crippen molar-refractivity contribution in [3.05, 3.63) is 82.9 Å². The number of aryl methyl sites for hydroxylation is 2. The summed E-state index contributed by atoms with van der Waals surface area (Å²) < 4.78 is 57.4. The van der Waals surface area contributed by atoms with Gasteiger partial charge in [0.25, 0.3) is 0 Å². The number of unbranched alkanes of at least 4 members (excludes halogenated alkanes) is 2. The van der Waals surface area contributed by atoms with Gasteiger partial charge in [0.1, 0.15) is 0 Å². The highest BCUT2D eigenvalue weighted by molar-refractivity contribution is 5.72. The zero-order chi connectivity index (χ0) is 20.3. The minimum atomic E-state index is -1.19. The smallest absolute Gasteiger partial charge is 0.167 e. The van der Waals surface area contributed by atoms with Crippen LogP contribution in [0.25, 0.3) is 22.3 Å². The summed E-state index contributed by atoms with van der Waals surface area (Å²) in [4.78, 5) is 0. The molecule has 0 unspecified atom stereocenters. The van der Waals surface area contributed by atoms with Gasteiger partial charge in [0.2, 0.25) is 0 Å². The van der Waals surface area contributed by atoms with Crippen molar-refractivity contribution in [3.63, 3.8) is 0 Å². The molecule has 28 heavy (non-hydrogen) atoms. The summed E-state index contributed by atoms with van der Waals surface area (Å²) in [6.45, 7) is 3.55. The van der Waals surface area contributed by atoms with Gasteiger partial charge < -0.3 is 0 Å². The van der Waals surface area contributed by atoms with Crippen molar-refractivity contribution < 1.29 is 17.6 Å². The van der Waals surface area contributed by atoms with E-state index in [-0.39, 0.29) is 22.3 Å². The second-order valence-corrected chi connectivity index (χ2v) is 7.00. The summed E-state index contributed by atoms with van der Waals surface area (Å²) in [6, 6.07) is 12.6. The lowest BCUT2D eigenvalue weighted by Gasteiger charge is -2.11. The average Bonchev–Trinajstić information content (AvgIpc) is 2.70. The molecular weight excluding hydrogens is 364 g/mol. The van der Waals surface area contributed by atoms with E-state index >= 15 is 0 Å². The highest BCUT2D eigenvalue weighted by Crippen LogP contribution is 2.34. The van der Waals surface area contributed by atoms with Gasteiger partial charge >= 0.3 is 0 Å². The summed E-state index contributed by atoms with van der Waals surface area (Å²) in [5.74, 6) is -4.49. The fourth-order valence-electron chi connectivity index (χ4n) is 3.26. The number of hydrogen-bond donors (Lipinski definition) is 0. The Labute approximate surface area is 162 Å². The molecule has 0 aromatic heterocycles. The first-order chi connectivity index (χ1) is 13.4. The van der Waals surface area contributed by atoms with Crippen LogP contribution in [0.4, 0.5) is 17.6 Å². The molecule has 0 nitrogen and oxygen atoms in total. The first-order valence-corrected chi connectivity index (χ1v) is 9.46. The van der Waals surface area contributed by atoms with E-state index < -0.39 is 23.3 Å². The van der Waals surface area contributed by atoms with E-state index in [1.54, 1.807) is 12.1 Å². The normalized spacial score (nSPS) is 11.1. The molecule has 0 aliphatic rings. The van der Waals surface area contributed by atoms with Crippen LogP contribution in [0.2, 0.25) is 0 Å². The number of halogens is 4. The Morgan fingerprint density at radius 3 is 1.79 bits per heavy atom. The Kier molecular flexibility index (Phi) is 6.18. The fourth-order valence-corrected chi connectivity index (χ4v) is 3.26. The molecule has 3 aromatic rings. The van der Waals surface area contributed by atoms with E-state index in [0.29, 0.717) is 5.56 Å². The highest BCUT2D eigenvalue weighted by atomic mass is 19.2. The second-order valence-electron chi connectivity index (χ2n) is 7.00. The minimum absolute atomic E-state index is 0.0920. The van der Waals surface area contributed by atoms with Crippen LogP contribution in [0, 0.1) is 30.2 Å². The molecule has 0 saturated heterocycles. The molecule has 146 valence electrons. The van der Waals surface area contributed by atoms with E-state index in [0.717, 1.165) is 31.2 Å². The van der Waals surface area contributed by atoms with Crippen molar-refractivity contribution in [2.45, 2.75) is 39.5 Å². The molecule has 0 radical (unpaired) electrons. The molecule has 0 amide bonds. The van der Waals surface area contributed by atoms with Crippen molar-refractivity contribution in [1.29, 1.82) is 0 Å². The molecule has 0 heterocycles. The number of hydrogen-bond acceptors (Lipinski definition) is 0. The lowest BCUT2D eigenvalue weighted by molar-refractivity contribution is 0.499. The van der Waals surface area contributed by atoms with E-state index in [1.165, 1.54) is 31.2 Å². The Balaban J connectivity index is 1.94. The Morgan fingerprint density at radius 2 is 1.14 bits per heavy atom. The van der Waals surface area contributed by atoms with Crippen molar-refractivity contribution in [3.8, 4) is 22.3 Å². The summed E-state index contributed by atoms with van der Waals surface area (Å²) in [5, 5.41) is 0. The third-order valence-electron chi connectivity index (χ3n) is 4.98. The average molecular weight is 386 g/mol. The maximum absolute atomic E-state index is 14.7. The third-order valence-corrected chi connectivity index (χ3v) is 4.98. The van der Waals surface area contributed by atoms with Gasteiger partial charge in [-0.1, -0.05) is 68.3 Å². The summed E-state index contributed by atoms with van der Waals surface area (Å²) in [7, 11) is 0. The summed E-state index contributed by atoms with van der Waals surface area (Å²) >= 11 is 0. The van der Waals surface area contributed by atoms with Crippen LogP contribution in [-0.2, 0) is 6.42 Å². The lowest BCUT2D eigenvalue weighted by Crippen LogP contribution is -1.98. The quantitative estimate of drug-likeness (QED) is 0.302. The molecule has 0 N–H and O–H groups in total. The Bertz CT molecular complexity index is 975. The lowest BCUT2D eigenvalue weighted by atomic mass is 9.96. The van der Waals surface area contributed by atoms with Crippen molar-refractivity contribution in [2.75, 3.05) is 0 Å². The van der Waals surface area contributed by atoms with Gasteiger partial charge in [0.15, 0.2) is 23.3 Å². The van der Waals surface area contributed by atoms with Crippen LogP contribution in [-0.4, -0.2) is 0 Å². The maximum Gasteiger partial charge on any atom is 0.167 e. The van der Waals surface area contributed by atoms with Crippen LogP contribution in [0.5, 0.6) is 0 Å². The summed E-state index contributed by atoms with van der Waals surface area (Å²) in [6.07, 6.45) is 4.33. The fraction of sp³-hybridized carbons (Fsp3) is 0.250. The van der Waals surface area contributed by atoms with Crippen LogP contribution < -0.4 is 0 Å². The first kappa shape index (κ1) is 20.1. The van der Waals surface area contributed by atoms with Gasteiger partial charge in [0.05, 0.1) is 0 Å². The van der Waals surface area contributed by atoms with Gasteiger partial charge in [0, 0.05) is 16.7 Å². The molecule has 3 aromatic carbocycles. The molecule has 4 heteroatoms. The molecule has 0 aliphatic heterocycles. The Hall–Kier alpha value is -2.62. The molecule has 0 spiro atoms. The summed E-state index contributed by atoms with van der Waals surface area (Å²) in [5.41, 5.74) is 1.29. The minimum Gasteiger partial charge on any atom is -0.203 e. The van der Waals surface area contributed by atoms with Crippen LogP contribution in [0.1, 0.15) is 37.3 Å². The van der Waals surface area contributed by atoms with Crippen molar-refractivity contribution >= 4 is 0 Å². The maximum atomic E-state index is 14.7. The van der Waals surface area contributed by atoms with Gasteiger partial charge in [-0.15, -0.1) is 0 Å². The van der Waals surface area contributed by atoms with Crippen LogP contribution in [0.3, 0.4) is 0 Å². The van der Waals surface area contributed by atoms with E-state index in [2.05, 4.69) is 6.92 Å². The molecule has 0 fully saturated rings. The van der Waals surface area contributed by atoms with Crippen LogP contribution in [0.15, 0.2) is 48.5 Å². The predicted octanol–water partition coefficient (Wildman–Crippen LogP) is 7.62. The number of benzene rings is 3. The molecule has 0 saturated carbocycles. The largest absolute Gasteiger partial charge is 0.203 e. The molecular formula is C24H22F4. The van der Waals surface area contributed by atoms with Crippen molar-refractivity contribution in [1.82, 2.24) is 0 Å². The zero-order valence-corrected chi connectivity index (χ0v) is 16.0. The van der Waals surface area contributed by atoms with E-state index in [9.17, 15) is 17.6 Å². The topological polar surface area (TPSA) is 0 Å². The molecule has 3 rings (SSSR count). The van der Waals surface area contributed by atoms with E-state index in [4.69, 9.17) is 0 Å². The number of rotatable bonds is 6. The highest BCUT2D eigenvalue weighted by Gasteiger charge is 2.20. The standard InChI is InChI=1S/C24H22F4/c1-3-4-5-6-16-8-10-17(11-9-16)18-13-14-20(24(28)22(18)26)19-12-7-15(2)21(25)23(19)27/h7-14H,3-6H2,1-2H3. The predicted molar refractivity (Wildman–Crippen MR) is 105 cm³/mol. The van der Waals surface area contributed by atoms with Gasteiger partial charge in [-0.3, -0.25) is 0 Å². The molecule has 0 atom stereocenters. The van der Waals surface area contributed by atoms with Gasteiger partial charge in [-0.2, -0.15) is 0 Å². The zero-order valence-electron chi connectivity index (χ0n) is 16.0. The monoisotopic (exact) mass is 386 g/mol. The Morgan fingerprint density at radius 1 is 0.607 bits per heavy atom. The van der Waals surface area contributed by atoms with Crippen molar-refractivity contribution in [2.24, 2.45) is 0 Å². The van der Waals surface area contributed by atoms with Gasteiger partial charge in [-0.25, -0.2) is 17.6 Å². The SMILES string of the molecule is CCCCCc1ccc(-c2ccc(-c3ccc(C)c(F)c3F)c(F)c2F)cc1. The second kappa shape index (κ2) is 8.59. The van der Waals surface area contributed by atoms with Crippen LogP contribution >= 0.6 is 0 Å². The third kappa shape index (κ3) is 3.96.